The lowest BCUT2D eigenvalue weighted by atomic mass is 10.4. The first-order chi connectivity index (χ1) is 7.31. The third kappa shape index (κ3) is 10.6. The quantitative estimate of drug-likeness (QED) is 0.301. The van der Waals surface area contributed by atoms with E-state index in [1.54, 1.807) is 13.0 Å². The highest BCUT2D eigenvalue weighted by Gasteiger charge is 1.90. The molecule has 0 heterocycles. The molecule has 0 saturated carbocycles. The van der Waals surface area contributed by atoms with Crippen molar-refractivity contribution in [2.75, 3.05) is 19.7 Å². The summed E-state index contributed by atoms with van der Waals surface area (Å²) < 4.78 is 4.72. The SMILES string of the molecule is C/C=C/C=C/CNC/C=C/C(=O)OCC. The normalized spacial score (nSPS) is 11.9. The van der Waals surface area contributed by atoms with Gasteiger partial charge in [-0.1, -0.05) is 30.4 Å². The van der Waals surface area contributed by atoms with Crippen LogP contribution < -0.4 is 5.32 Å². The number of hydrogen-bond acceptors (Lipinski definition) is 3. The molecule has 0 bridgehead atoms. The Morgan fingerprint density at radius 2 is 2.00 bits per heavy atom. The van der Waals surface area contributed by atoms with Gasteiger partial charge in [-0.3, -0.25) is 0 Å². The Bertz CT molecular complexity index is 242. The summed E-state index contributed by atoms with van der Waals surface area (Å²) in [5.41, 5.74) is 0. The lowest BCUT2D eigenvalue weighted by Gasteiger charge is -1.96. The highest BCUT2D eigenvalue weighted by Crippen LogP contribution is 1.80. The molecule has 0 aliphatic rings. The number of carbonyl (C=O) groups excluding carboxylic acids is 1. The van der Waals surface area contributed by atoms with Crippen LogP contribution in [0.5, 0.6) is 0 Å². The molecule has 0 aliphatic heterocycles. The van der Waals surface area contributed by atoms with Crippen molar-refractivity contribution in [3.63, 3.8) is 0 Å². The molecule has 0 unspecified atom stereocenters. The molecule has 1 N–H and O–H groups in total. The second-order valence-electron chi connectivity index (χ2n) is 2.77. The molecular formula is C12H19NO2. The second kappa shape index (κ2) is 10.7. The lowest BCUT2D eigenvalue weighted by Crippen LogP contribution is -2.13. The first-order valence-corrected chi connectivity index (χ1v) is 5.13. The molecule has 0 atom stereocenters. The second-order valence-corrected chi connectivity index (χ2v) is 2.77. The van der Waals surface area contributed by atoms with Crippen molar-refractivity contribution in [3.05, 3.63) is 36.5 Å². The van der Waals surface area contributed by atoms with E-state index in [1.165, 1.54) is 6.08 Å². The van der Waals surface area contributed by atoms with Gasteiger partial charge in [0.25, 0.3) is 0 Å². The topological polar surface area (TPSA) is 38.3 Å². The summed E-state index contributed by atoms with van der Waals surface area (Å²) in [5, 5.41) is 3.13. The Hall–Kier alpha value is -1.35. The highest BCUT2D eigenvalue weighted by molar-refractivity contribution is 5.81. The van der Waals surface area contributed by atoms with Crippen LogP contribution in [-0.2, 0) is 9.53 Å². The van der Waals surface area contributed by atoms with E-state index in [4.69, 9.17) is 4.74 Å². The minimum absolute atomic E-state index is 0.288. The fourth-order valence-corrected chi connectivity index (χ4v) is 0.853. The molecule has 0 radical (unpaired) electrons. The van der Waals surface area contributed by atoms with Crippen molar-refractivity contribution >= 4 is 5.97 Å². The summed E-state index contributed by atoms with van der Waals surface area (Å²) in [6.07, 6.45) is 11.1. The molecule has 0 aromatic rings. The molecule has 0 spiro atoms. The van der Waals surface area contributed by atoms with Gasteiger partial charge in [0.2, 0.25) is 0 Å². The van der Waals surface area contributed by atoms with Crippen LogP contribution in [0.2, 0.25) is 0 Å². The molecule has 0 saturated heterocycles. The highest BCUT2D eigenvalue weighted by atomic mass is 16.5. The van der Waals surface area contributed by atoms with E-state index in [2.05, 4.69) is 5.32 Å². The average Bonchev–Trinajstić information content (AvgIpc) is 2.22. The summed E-state index contributed by atoms with van der Waals surface area (Å²) in [4.78, 5) is 10.9. The van der Waals surface area contributed by atoms with Gasteiger partial charge in [-0.25, -0.2) is 4.79 Å². The van der Waals surface area contributed by atoms with Gasteiger partial charge in [0.1, 0.15) is 0 Å². The summed E-state index contributed by atoms with van der Waals surface area (Å²) in [6, 6.07) is 0. The zero-order chi connectivity index (χ0) is 11.4. The molecule has 15 heavy (non-hydrogen) atoms. The maximum atomic E-state index is 10.9. The molecule has 0 aromatic heterocycles. The number of esters is 1. The summed E-state index contributed by atoms with van der Waals surface area (Å²) in [6.45, 7) is 5.63. The molecule has 0 aliphatic carbocycles. The van der Waals surface area contributed by atoms with Gasteiger partial charge >= 0.3 is 5.97 Å². The maximum Gasteiger partial charge on any atom is 0.330 e. The summed E-state index contributed by atoms with van der Waals surface area (Å²) in [5.74, 6) is -0.288. The maximum absolute atomic E-state index is 10.9. The number of nitrogens with one attached hydrogen (secondary N) is 1. The molecular weight excluding hydrogens is 190 g/mol. The van der Waals surface area contributed by atoms with E-state index in [-0.39, 0.29) is 5.97 Å². The Morgan fingerprint density at radius 1 is 1.27 bits per heavy atom. The molecule has 3 nitrogen and oxygen atoms in total. The van der Waals surface area contributed by atoms with E-state index in [0.29, 0.717) is 13.2 Å². The van der Waals surface area contributed by atoms with Crippen molar-refractivity contribution in [2.24, 2.45) is 0 Å². The molecule has 84 valence electrons. The Labute approximate surface area is 91.5 Å². The molecule has 0 aromatic carbocycles. The van der Waals surface area contributed by atoms with E-state index < -0.39 is 0 Å². The predicted octanol–water partition coefficient (Wildman–Crippen LogP) is 1.83. The Morgan fingerprint density at radius 3 is 2.67 bits per heavy atom. The average molecular weight is 209 g/mol. The van der Waals surface area contributed by atoms with E-state index in [1.807, 2.05) is 31.2 Å². The van der Waals surface area contributed by atoms with Crippen molar-refractivity contribution in [2.45, 2.75) is 13.8 Å². The smallest absolute Gasteiger partial charge is 0.330 e. The van der Waals surface area contributed by atoms with Crippen molar-refractivity contribution in [3.8, 4) is 0 Å². The van der Waals surface area contributed by atoms with Gasteiger partial charge in [-0.05, 0) is 13.8 Å². The van der Waals surface area contributed by atoms with Gasteiger partial charge < -0.3 is 10.1 Å². The molecule has 0 fully saturated rings. The predicted molar refractivity (Wildman–Crippen MR) is 62.6 cm³/mol. The van der Waals surface area contributed by atoms with Crippen molar-refractivity contribution < 1.29 is 9.53 Å². The number of allylic oxidation sites excluding steroid dienone is 3. The van der Waals surface area contributed by atoms with Crippen LogP contribution in [0, 0.1) is 0 Å². The van der Waals surface area contributed by atoms with Gasteiger partial charge in [-0.15, -0.1) is 0 Å². The van der Waals surface area contributed by atoms with Crippen LogP contribution >= 0.6 is 0 Å². The zero-order valence-electron chi connectivity index (χ0n) is 9.40. The van der Waals surface area contributed by atoms with Crippen LogP contribution in [0.25, 0.3) is 0 Å². The number of carbonyl (C=O) groups is 1. The lowest BCUT2D eigenvalue weighted by molar-refractivity contribution is -0.137. The Kier molecular flexibility index (Phi) is 9.76. The van der Waals surface area contributed by atoms with E-state index in [0.717, 1.165) is 6.54 Å². The van der Waals surface area contributed by atoms with E-state index in [9.17, 15) is 4.79 Å². The van der Waals surface area contributed by atoms with Crippen molar-refractivity contribution in [1.29, 1.82) is 0 Å². The number of ether oxygens (including phenoxy) is 1. The van der Waals surface area contributed by atoms with E-state index >= 15 is 0 Å². The largest absolute Gasteiger partial charge is 0.463 e. The fraction of sp³-hybridized carbons (Fsp3) is 0.417. The third-order valence-electron chi connectivity index (χ3n) is 1.50. The first-order valence-electron chi connectivity index (χ1n) is 5.13. The minimum atomic E-state index is -0.288. The van der Waals surface area contributed by atoms with Gasteiger partial charge in [-0.2, -0.15) is 0 Å². The molecule has 3 heteroatoms. The Balaban J connectivity index is 3.41. The third-order valence-corrected chi connectivity index (χ3v) is 1.50. The monoisotopic (exact) mass is 209 g/mol. The van der Waals surface area contributed by atoms with Gasteiger partial charge in [0, 0.05) is 19.2 Å². The van der Waals surface area contributed by atoms with Crippen LogP contribution in [0.1, 0.15) is 13.8 Å². The standard InChI is InChI=1S/C12H19NO2/c1-3-5-6-7-10-13-11-8-9-12(14)15-4-2/h3,5-9,13H,4,10-11H2,1-2H3/b5-3+,7-6+,9-8+. The van der Waals surface area contributed by atoms with Crippen molar-refractivity contribution in [1.82, 2.24) is 5.32 Å². The fourth-order valence-electron chi connectivity index (χ4n) is 0.853. The van der Waals surface area contributed by atoms with Gasteiger partial charge in [0.05, 0.1) is 6.61 Å². The summed E-state index contributed by atoms with van der Waals surface area (Å²) >= 11 is 0. The number of hydrogen-bond donors (Lipinski definition) is 1. The number of rotatable bonds is 7. The minimum Gasteiger partial charge on any atom is -0.463 e. The zero-order valence-corrected chi connectivity index (χ0v) is 9.40. The van der Waals surface area contributed by atoms with Crippen LogP contribution in [0.4, 0.5) is 0 Å². The van der Waals surface area contributed by atoms with Crippen LogP contribution in [0.15, 0.2) is 36.5 Å². The molecule has 0 rings (SSSR count). The van der Waals surface area contributed by atoms with Crippen LogP contribution in [-0.4, -0.2) is 25.7 Å². The summed E-state index contributed by atoms with van der Waals surface area (Å²) in [7, 11) is 0. The van der Waals surface area contributed by atoms with Gasteiger partial charge in [0.15, 0.2) is 0 Å². The first kappa shape index (κ1) is 13.7. The van der Waals surface area contributed by atoms with Crippen LogP contribution in [0.3, 0.4) is 0 Å². The molecule has 0 amide bonds.